The summed E-state index contributed by atoms with van der Waals surface area (Å²) in [4.78, 5) is 3.96. The SMILES string of the molecule is C=NC1CCCNC1OC. The lowest BCUT2D eigenvalue weighted by Crippen LogP contribution is -2.44. The molecule has 0 aromatic rings. The molecule has 3 heteroatoms. The van der Waals surface area contributed by atoms with Crippen molar-refractivity contribution >= 4 is 6.72 Å². The van der Waals surface area contributed by atoms with Crippen LogP contribution in [0.25, 0.3) is 0 Å². The zero-order valence-electron chi connectivity index (χ0n) is 6.34. The van der Waals surface area contributed by atoms with Crippen molar-refractivity contribution in [1.82, 2.24) is 5.32 Å². The first-order chi connectivity index (χ1) is 4.88. The zero-order chi connectivity index (χ0) is 7.40. The minimum absolute atomic E-state index is 0.0891. The number of nitrogens with one attached hydrogen (secondary N) is 1. The molecule has 1 aliphatic rings. The van der Waals surface area contributed by atoms with Gasteiger partial charge in [-0.05, 0) is 26.1 Å². The third-order valence-electron chi connectivity index (χ3n) is 1.86. The molecule has 2 unspecified atom stereocenters. The van der Waals surface area contributed by atoms with E-state index in [1.165, 1.54) is 6.42 Å². The molecule has 0 aliphatic carbocycles. The first-order valence-electron chi connectivity index (χ1n) is 3.60. The van der Waals surface area contributed by atoms with Gasteiger partial charge in [0.15, 0.2) is 0 Å². The van der Waals surface area contributed by atoms with Crippen LogP contribution in [0.3, 0.4) is 0 Å². The minimum atomic E-state index is 0.0891. The molecule has 0 bridgehead atoms. The Kier molecular flexibility index (Phi) is 2.83. The van der Waals surface area contributed by atoms with Crippen LogP contribution in [0.1, 0.15) is 12.8 Å². The number of nitrogens with zero attached hydrogens (tertiary/aromatic N) is 1. The van der Waals surface area contributed by atoms with Gasteiger partial charge >= 0.3 is 0 Å². The highest BCUT2D eigenvalue weighted by Gasteiger charge is 2.22. The van der Waals surface area contributed by atoms with Crippen LogP contribution in [0.2, 0.25) is 0 Å². The Bertz CT molecular complexity index is 116. The number of ether oxygens (including phenoxy) is 1. The summed E-state index contributed by atoms with van der Waals surface area (Å²) in [6.07, 6.45) is 2.35. The van der Waals surface area contributed by atoms with Crippen LogP contribution in [0.5, 0.6) is 0 Å². The number of aliphatic imine (C=N–C) groups is 1. The van der Waals surface area contributed by atoms with Crippen LogP contribution >= 0.6 is 0 Å². The smallest absolute Gasteiger partial charge is 0.130 e. The molecule has 1 heterocycles. The monoisotopic (exact) mass is 142 g/mol. The van der Waals surface area contributed by atoms with Crippen molar-refractivity contribution in [3.63, 3.8) is 0 Å². The summed E-state index contributed by atoms with van der Waals surface area (Å²) in [5.74, 6) is 0. The van der Waals surface area contributed by atoms with Crippen LogP contribution < -0.4 is 5.32 Å². The largest absolute Gasteiger partial charge is 0.364 e. The fraction of sp³-hybridized carbons (Fsp3) is 0.857. The van der Waals surface area contributed by atoms with Gasteiger partial charge in [-0.15, -0.1) is 0 Å². The molecule has 1 fully saturated rings. The van der Waals surface area contributed by atoms with Gasteiger partial charge in [0.25, 0.3) is 0 Å². The highest BCUT2D eigenvalue weighted by molar-refractivity contribution is 5.24. The van der Waals surface area contributed by atoms with Gasteiger partial charge < -0.3 is 4.74 Å². The second-order valence-corrected chi connectivity index (χ2v) is 2.50. The van der Waals surface area contributed by atoms with Crippen LogP contribution in [0.15, 0.2) is 4.99 Å². The fourth-order valence-electron chi connectivity index (χ4n) is 1.27. The highest BCUT2D eigenvalue weighted by atomic mass is 16.5. The molecule has 0 amide bonds. The number of rotatable bonds is 2. The van der Waals surface area contributed by atoms with E-state index in [-0.39, 0.29) is 12.3 Å². The first kappa shape index (κ1) is 7.69. The number of methoxy groups -OCH3 is 1. The maximum Gasteiger partial charge on any atom is 0.130 e. The van der Waals surface area contributed by atoms with Gasteiger partial charge in [0, 0.05) is 7.11 Å². The van der Waals surface area contributed by atoms with Crippen molar-refractivity contribution in [2.75, 3.05) is 13.7 Å². The molecule has 1 aliphatic heterocycles. The lowest BCUT2D eigenvalue weighted by molar-refractivity contribution is 0.0374. The second-order valence-electron chi connectivity index (χ2n) is 2.50. The van der Waals surface area contributed by atoms with E-state index in [0.29, 0.717) is 0 Å². The summed E-state index contributed by atoms with van der Waals surface area (Å²) in [5, 5.41) is 3.21. The lowest BCUT2D eigenvalue weighted by atomic mass is 10.1. The molecular weight excluding hydrogens is 128 g/mol. The highest BCUT2D eigenvalue weighted by Crippen LogP contribution is 2.11. The van der Waals surface area contributed by atoms with Crippen LogP contribution in [0.4, 0.5) is 0 Å². The predicted molar refractivity (Wildman–Crippen MR) is 41.4 cm³/mol. The topological polar surface area (TPSA) is 33.6 Å². The second kappa shape index (κ2) is 3.68. The van der Waals surface area contributed by atoms with Gasteiger partial charge in [0.05, 0.1) is 6.04 Å². The molecule has 3 nitrogen and oxygen atoms in total. The molecule has 1 N–H and O–H groups in total. The molecule has 0 aromatic heterocycles. The summed E-state index contributed by atoms with van der Waals surface area (Å²) in [6, 6.07) is 0.249. The molecule has 58 valence electrons. The molecule has 0 saturated carbocycles. The molecule has 1 saturated heterocycles. The quantitative estimate of drug-likeness (QED) is 0.567. The van der Waals surface area contributed by atoms with E-state index < -0.39 is 0 Å². The van der Waals surface area contributed by atoms with E-state index in [9.17, 15) is 0 Å². The third kappa shape index (κ3) is 1.55. The predicted octanol–water partition coefficient (Wildman–Crippen LogP) is 0.412. The Hall–Kier alpha value is -0.410. The summed E-state index contributed by atoms with van der Waals surface area (Å²) >= 11 is 0. The molecule has 10 heavy (non-hydrogen) atoms. The van der Waals surface area contributed by atoms with Crippen LogP contribution in [0, 0.1) is 0 Å². The van der Waals surface area contributed by atoms with E-state index in [1.807, 2.05) is 0 Å². The van der Waals surface area contributed by atoms with Gasteiger partial charge in [-0.1, -0.05) is 0 Å². The molecule has 1 rings (SSSR count). The summed E-state index contributed by atoms with van der Waals surface area (Å²) in [6.45, 7) is 4.54. The average molecular weight is 142 g/mol. The number of piperidine rings is 1. The third-order valence-corrected chi connectivity index (χ3v) is 1.86. The van der Waals surface area contributed by atoms with E-state index in [1.54, 1.807) is 7.11 Å². The van der Waals surface area contributed by atoms with E-state index >= 15 is 0 Å². The van der Waals surface area contributed by atoms with Gasteiger partial charge in [0.2, 0.25) is 0 Å². The van der Waals surface area contributed by atoms with Crippen molar-refractivity contribution in [2.24, 2.45) is 4.99 Å². The van der Waals surface area contributed by atoms with Crippen LogP contribution in [-0.4, -0.2) is 32.6 Å². The molecule has 0 spiro atoms. The lowest BCUT2D eigenvalue weighted by Gasteiger charge is -2.28. The van der Waals surface area contributed by atoms with Gasteiger partial charge in [-0.2, -0.15) is 0 Å². The first-order valence-corrected chi connectivity index (χ1v) is 3.60. The normalized spacial score (nSPS) is 33.7. The Balaban J connectivity index is 2.41. The Labute approximate surface area is 61.5 Å². The van der Waals surface area contributed by atoms with E-state index in [4.69, 9.17) is 4.74 Å². The van der Waals surface area contributed by atoms with E-state index in [0.717, 1.165) is 13.0 Å². The Morgan fingerprint density at radius 2 is 2.50 bits per heavy atom. The van der Waals surface area contributed by atoms with Gasteiger partial charge in [-0.25, -0.2) is 0 Å². The molecule has 0 aromatic carbocycles. The van der Waals surface area contributed by atoms with E-state index in [2.05, 4.69) is 17.0 Å². The molecule has 2 atom stereocenters. The van der Waals surface area contributed by atoms with Gasteiger partial charge in [-0.3, -0.25) is 10.3 Å². The van der Waals surface area contributed by atoms with Crippen molar-refractivity contribution < 1.29 is 4.74 Å². The van der Waals surface area contributed by atoms with Gasteiger partial charge in [0.1, 0.15) is 6.23 Å². The maximum atomic E-state index is 5.15. The standard InChI is InChI=1S/C7H14N2O/c1-8-6-4-3-5-9-7(6)10-2/h6-7,9H,1,3-5H2,2H3. The summed E-state index contributed by atoms with van der Waals surface area (Å²) in [5.41, 5.74) is 0. The fourth-order valence-corrected chi connectivity index (χ4v) is 1.27. The zero-order valence-corrected chi connectivity index (χ0v) is 6.34. The van der Waals surface area contributed by atoms with Crippen molar-refractivity contribution in [2.45, 2.75) is 25.1 Å². The molecular formula is C7H14N2O. The average Bonchev–Trinajstić information content (AvgIpc) is 2.04. The maximum absolute atomic E-state index is 5.15. The minimum Gasteiger partial charge on any atom is -0.364 e. The Morgan fingerprint density at radius 3 is 3.00 bits per heavy atom. The Morgan fingerprint density at radius 1 is 1.70 bits per heavy atom. The van der Waals surface area contributed by atoms with Crippen LogP contribution in [-0.2, 0) is 4.74 Å². The summed E-state index contributed by atoms with van der Waals surface area (Å²) < 4.78 is 5.15. The van der Waals surface area contributed by atoms with Crippen molar-refractivity contribution in [3.8, 4) is 0 Å². The van der Waals surface area contributed by atoms with Crippen molar-refractivity contribution in [3.05, 3.63) is 0 Å². The molecule has 0 radical (unpaired) electrons. The summed E-state index contributed by atoms with van der Waals surface area (Å²) in [7, 11) is 1.70. The van der Waals surface area contributed by atoms with Crippen molar-refractivity contribution in [1.29, 1.82) is 0 Å². The number of hydrogen-bond donors (Lipinski definition) is 1. The number of hydrogen-bond acceptors (Lipinski definition) is 3.